The lowest BCUT2D eigenvalue weighted by Crippen LogP contribution is -2.58. The number of carbonyl (C=O) groups is 1. The number of amides is 1. The number of fused-ring (bicyclic) bond motifs is 2. The minimum absolute atomic E-state index is 0.0870. The van der Waals surface area contributed by atoms with E-state index in [4.69, 9.17) is 20.4 Å². The summed E-state index contributed by atoms with van der Waals surface area (Å²) < 4.78 is 39.1. The molecule has 7 rings (SSSR count). The predicted octanol–water partition coefficient (Wildman–Crippen LogP) is 4.41. The van der Waals surface area contributed by atoms with Crippen LogP contribution >= 0.6 is 0 Å². The maximum Gasteiger partial charge on any atom is 0.255 e. The van der Waals surface area contributed by atoms with E-state index in [-0.39, 0.29) is 22.9 Å². The van der Waals surface area contributed by atoms with E-state index in [1.54, 1.807) is 23.9 Å². The lowest BCUT2D eigenvalue weighted by molar-refractivity contribution is -0.0181. The highest BCUT2D eigenvalue weighted by Crippen LogP contribution is 2.38. The van der Waals surface area contributed by atoms with Crippen molar-refractivity contribution >= 4 is 32.5 Å². The SMILES string of the molecule is [B]C1([B])c2ncccc2C(=O)N1Cc1c(F)cc(-c2ccc(OC3CN(C4CCCCC4)C3)c3nn(C)cc23)cc1F. The molecule has 42 heavy (non-hydrogen) atoms. The molecule has 0 unspecified atom stereocenters. The van der Waals surface area contributed by atoms with Gasteiger partial charge in [-0.2, -0.15) is 5.10 Å². The van der Waals surface area contributed by atoms with E-state index in [9.17, 15) is 4.79 Å². The molecular formula is C31H29B2F2N5O2. The summed E-state index contributed by atoms with van der Waals surface area (Å²) in [5, 5.41) is 3.54. The molecule has 0 bridgehead atoms. The molecular weight excluding hydrogens is 534 g/mol. The van der Waals surface area contributed by atoms with E-state index in [0.717, 1.165) is 23.4 Å². The van der Waals surface area contributed by atoms with Crippen LogP contribution < -0.4 is 4.74 Å². The topological polar surface area (TPSA) is 63.5 Å². The maximum atomic E-state index is 15.5. The summed E-state index contributed by atoms with van der Waals surface area (Å²) in [5.74, 6) is -1.51. The van der Waals surface area contributed by atoms with Crippen LogP contribution in [-0.2, 0) is 18.9 Å². The van der Waals surface area contributed by atoms with Crippen LogP contribution in [0.15, 0.2) is 48.8 Å². The molecule has 7 nitrogen and oxygen atoms in total. The van der Waals surface area contributed by atoms with E-state index < -0.39 is 29.4 Å². The zero-order chi connectivity index (χ0) is 29.2. The van der Waals surface area contributed by atoms with Gasteiger partial charge < -0.3 is 9.64 Å². The second-order valence-corrected chi connectivity index (χ2v) is 11.7. The molecule has 4 heterocycles. The van der Waals surface area contributed by atoms with Gasteiger partial charge in [0.15, 0.2) is 0 Å². The second kappa shape index (κ2) is 10.2. The van der Waals surface area contributed by atoms with Crippen LogP contribution in [0.2, 0.25) is 0 Å². The third kappa shape index (κ3) is 4.49. The number of halogens is 2. The molecule has 11 heteroatoms. The first-order valence-corrected chi connectivity index (χ1v) is 14.4. The van der Waals surface area contributed by atoms with Crippen molar-refractivity contribution in [1.29, 1.82) is 0 Å². The molecule has 2 aromatic heterocycles. The predicted molar refractivity (Wildman–Crippen MR) is 156 cm³/mol. The number of hydrogen-bond acceptors (Lipinski definition) is 5. The van der Waals surface area contributed by atoms with Crippen LogP contribution in [0.25, 0.3) is 22.0 Å². The number of likely N-dealkylation sites (tertiary alicyclic amines) is 1. The van der Waals surface area contributed by atoms with Gasteiger partial charge in [-0.3, -0.25) is 19.4 Å². The molecule has 2 aromatic carbocycles. The lowest BCUT2D eigenvalue weighted by Gasteiger charge is -2.45. The summed E-state index contributed by atoms with van der Waals surface area (Å²) in [5.41, 5.74) is 1.67. The molecule has 1 amide bonds. The van der Waals surface area contributed by atoms with Gasteiger partial charge in [0, 0.05) is 54.9 Å². The average Bonchev–Trinajstić information content (AvgIpc) is 3.43. The summed E-state index contributed by atoms with van der Waals surface area (Å²) in [6.45, 7) is 1.34. The van der Waals surface area contributed by atoms with Crippen LogP contribution in [0, 0.1) is 11.6 Å². The van der Waals surface area contributed by atoms with Crippen LogP contribution in [0.5, 0.6) is 5.75 Å². The lowest BCUT2D eigenvalue weighted by atomic mass is 9.59. The van der Waals surface area contributed by atoms with Crippen molar-refractivity contribution in [2.75, 3.05) is 13.1 Å². The second-order valence-electron chi connectivity index (χ2n) is 11.7. The van der Waals surface area contributed by atoms with Gasteiger partial charge in [-0.05, 0) is 60.4 Å². The molecule has 3 aliphatic rings. The Morgan fingerprint density at radius 3 is 2.50 bits per heavy atom. The molecule has 1 saturated heterocycles. The van der Waals surface area contributed by atoms with Crippen LogP contribution in [0.4, 0.5) is 8.78 Å². The fraction of sp³-hybridized carbons (Fsp3) is 0.387. The molecule has 4 radical (unpaired) electrons. The van der Waals surface area contributed by atoms with E-state index >= 15 is 8.78 Å². The van der Waals surface area contributed by atoms with Crippen molar-refractivity contribution in [3.63, 3.8) is 0 Å². The number of nitrogens with zero attached hydrogens (tertiary/aromatic N) is 5. The highest BCUT2D eigenvalue weighted by atomic mass is 19.1. The van der Waals surface area contributed by atoms with Gasteiger partial charge in [0.1, 0.15) is 29.0 Å². The Balaban J connectivity index is 1.14. The third-order valence-corrected chi connectivity index (χ3v) is 8.89. The van der Waals surface area contributed by atoms with E-state index in [0.29, 0.717) is 28.4 Å². The number of hydrogen-bond donors (Lipinski definition) is 0. The molecule has 0 atom stereocenters. The minimum Gasteiger partial charge on any atom is -0.485 e. The van der Waals surface area contributed by atoms with Crippen molar-refractivity contribution < 1.29 is 18.3 Å². The first-order chi connectivity index (χ1) is 20.2. The van der Waals surface area contributed by atoms with E-state index in [1.165, 1.54) is 50.4 Å². The quantitative estimate of drug-likeness (QED) is 0.326. The van der Waals surface area contributed by atoms with Gasteiger partial charge in [-0.15, -0.1) is 0 Å². The first kappa shape index (κ1) is 27.1. The zero-order valence-electron chi connectivity index (χ0n) is 23.4. The highest BCUT2D eigenvalue weighted by Gasteiger charge is 2.43. The number of aryl methyl sites for hydroxylation is 1. The number of benzene rings is 2. The Hall–Kier alpha value is -3.72. The van der Waals surface area contributed by atoms with Crippen molar-refractivity contribution in [2.45, 2.75) is 56.1 Å². The number of rotatable bonds is 6. The van der Waals surface area contributed by atoms with Crippen molar-refractivity contribution in [2.24, 2.45) is 7.05 Å². The van der Waals surface area contributed by atoms with Crippen molar-refractivity contribution in [1.82, 2.24) is 24.6 Å². The monoisotopic (exact) mass is 563 g/mol. The molecule has 0 spiro atoms. The summed E-state index contributed by atoms with van der Waals surface area (Å²) in [6.07, 6.45) is 9.82. The molecule has 210 valence electrons. The summed E-state index contributed by atoms with van der Waals surface area (Å²) in [7, 11) is 14.2. The Morgan fingerprint density at radius 1 is 1.05 bits per heavy atom. The first-order valence-electron chi connectivity index (χ1n) is 14.4. The van der Waals surface area contributed by atoms with Crippen molar-refractivity contribution in [3.8, 4) is 16.9 Å². The van der Waals surface area contributed by atoms with Crippen molar-refractivity contribution in [3.05, 3.63) is 77.2 Å². The summed E-state index contributed by atoms with van der Waals surface area (Å²) >= 11 is 0. The Bertz CT molecular complexity index is 1680. The Labute approximate surface area is 245 Å². The number of pyridine rings is 1. The van der Waals surface area contributed by atoms with Gasteiger partial charge in [-0.1, -0.05) is 19.3 Å². The van der Waals surface area contributed by atoms with Crippen LogP contribution in [-0.4, -0.2) is 71.4 Å². The van der Waals surface area contributed by atoms with Gasteiger partial charge in [-0.25, -0.2) is 8.78 Å². The standard InChI is InChI=1S/C31H29B2F2N5O2/c1-38-16-23-21(9-10-27(28(23)37-38)42-20-14-39(15-20)19-6-3-2-4-7-19)18-12-25(34)24(26(35)13-18)17-40-30(41)22-8-5-11-36-29(22)31(40,32)33/h5,8-13,16,19-20H,2-4,6-7,14-15,17H2,1H3. The van der Waals surface area contributed by atoms with Crippen LogP contribution in [0.3, 0.4) is 0 Å². The fourth-order valence-corrected chi connectivity index (χ4v) is 6.62. The third-order valence-electron chi connectivity index (χ3n) is 8.89. The van der Waals surface area contributed by atoms with E-state index in [1.807, 2.05) is 18.3 Å². The van der Waals surface area contributed by atoms with Gasteiger partial charge in [0.05, 0.1) is 33.5 Å². The zero-order valence-corrected chi connectivity index (χ0v) is 23.4. The summed E-state index contributed by atoms with van der Waals surface area (Å²) in [4.78, 5) is 20.6. The summed E-state index contributed by atoms with van der Waals surface area (Å²) in [6, 6.07) is 9.93. The smallest absolute Gasteiger partial charge is 0.255 e. The minimum atomic E-state index is -1.79. The maximum absolute atomic E-state index is 15.5. The molecule has 2 fully saturated rings. The fourth-order valence-electron chi connectivity index (χ4n) is 6.62. The van der Waals surface area contributed by atoms with Gasteiger partial charge in [0.25, 0.3) is 5.91 Å². The Morgan fingerprint density at radius 2 is 1.79 bits per heavy atom. The number of aromatic nitrogens is 3. The largest absolute Gasteiger partial charge is 0.485 e. The molecule has 2 aliphatic heterocycles. The molecule has 4 aromatic rings. The number of carbonyl (C=O) groups excluding carboxylic acids is 1. The van der Waals surface area contributed by atoms with Gasteiger partial charge >= 0.3 is 0 Å². The normalized spacial score (nSPS) is 19.3. The number of ether oxygens (including phenoxy) is 1. The van der Waals surface area contributed by atoms with E-state index in [2.05, 4.69) is 15.0 Å². The molecule has 1 aliphatic carbocycles. The highest BCUT2D eigenvalue weighted by molar-refractivity contribution is 6.42. The molecule has 0 N–H and O–H groups in total. The Kier molecular flexibility index (Phi) is 6.60. The van der Waals surface area contributed by atoms with Crippen LogP contribution in [0.1, 0.15) is 53.7 Å². The molecule has 1 saturated carbocycles. The average molecular weight is 563 g/mol. The van der Waals surface area contributed by atoms with Gasteiger partial charge in [0.2, 0.25) is 0 Å².